The number of piperidine rings is 1. The Balaban J connectivity index is 1.35. The largest absolute Gasteiger partial charge is 0.444 e. The smallest absolute Gasteiger partial charge is 0.410 e. The fourth-order valence-electron chi connectivity index (χ4n) is 4.40. The summed E-state index contributed by atoms with van der Waals surface area (Å²) in [5.41, 5.74) is 2.11. The molecule has 3 aliphatic heterocycles. The molecule has 172 valence electrons. The lowest BCUT2D eigenvalue weighted by Crippen LogP contribution is -2.52. The van der Waals surface area contributed by atoms with E-state index < -0.39 is 17.6 Å². The average Bonchev–Trinajstić information content (AvgIpc) is 3.03. The maximum atomic E-state index is 12.8. The Morgan fingerprint density at radius 1 is 1.12 bits per heavy atom. The van der Waals surface area contributed by atoms with Gasteiger partial charge in [0.25, 0.3) is 5.91 Å². The number of hydrogen-bond acceptors (Lipinski definition) is 6. The summed E-state index contributed by atoms with van der Waals surface area (Å²) in [6.45, 7) is 9.41. The first-order valence-corrected chi connectivity index (χ1v) is 11.1. The second-order valence-corrected chi connectivity index (χ2v) is 9.63. The number of carbonyl (C=O) groups excluding carboxylic acids is 4. The lowest BCUT2D eigenvalue weighted by atomic mass is 10.0. The molecule has 32 heavy (non-hydrogen) atoms. The maximum absolute atomic E-state index is 12.8. The van der Waals surface area contributed by atoms with Crippen LogP contribution in [0.4, 0.5) is 4.79 Å². The van der Waals surface area contributed by atoms with Gasteiger partial charge in [0.1, 0.15) is 11.6 Å². The molecule has 9 nitrogen and oxygen atoms in total. The highest BCUT2D eigenvalue weighted by Crippen LogP contribution is 2.28. The van der Waals surface area contributed by atoms with Gasteiger partial charge in [-0.05, 0) is 44.4 Å². The Morgan fingerprint density at radius 2 is 1.84 bits per heavy atom. The first-order chi connectivity index (χ1) is 15.1. The molecule has 0 saturated carbocycles. The molecule has 3 heterocycles. The van der Waals surface area contributed by atoms with E-state index in [1.807, 2.05) is 39.0 Å². The molecule has 0 aliphatic carbocycles. The summed E-state index contributed by atoms with van der Waals surface area (Å²) in [4.78, 5) is 54.3. The van der Waals surface area contributed by atoms with Crippen LogP contribution in [0.1, 0.15) is 55.1 Å². The lowest BCUT2D eigenvalue weighted by Gasteiger charge is -2.35. The van der Waals surface area contributed by atoms with E-state index in [1.54, 1.807) is 9.80 Å². The van der Waals surface area contributed by atoms with Crippen molar-refractivity contribution in [1.82, 2.24) is 20.0 Å². The molecule has 0 radical (unpaired) electrons. The van der Waals surface area contributed by atoms with Crippen LogP contribution in [0.5, 0.6) is 0 Å². The standard InChI is InChI=1S/C23H30N4O5/c1-23(2,3)32-22(31)26-10-8-25(9-11-26)13-15-4-5-17-16(12-15)14-27(21(17)30)18-6-7-19(28)24-20(18)29/h4-5,12,18H,6-11,13-14H2,1-3H3,(H,24,28,29). The molecule has 4 amide bonds. The zero-order valence-corrected chi connectivity index (χ0v) is 18.8. The zero-order chi connectivity index (χ0) is 23.0. The van der Waals surface area contributed by atoms with E-state index in [-0.39, 0.29) is 24.3 Å². The van der Waals surface area contributed by atoms with Crippen LogP contribution in [0.25, 0.3) is 0 Å². The van der Waals surface area contributed by atoms with Gasteiger partial charge in [-0.3, -0.25) is 24.6 Å². The first-order valence-electron chi connectivity index (χ1n) is 11.1. The molecular weight excluding hydrogens is 412 g/mol. The van der Waals surface area contributed by atoms with Gasteiger partial charge in [-0.1, -0.05) is 12.1 Å². The lowest BCUT2D eigenvalue weighted by molar-refractivity contribution is -0.136. The quantitative estimate of drug-likeness (QED) is 0.713. The minimum absolute atomic E-state index is 0.160. The molecule has 1 unspecified atom stereocenters. The summed E-state index contributed by atoms with van der Waals surface area (Å²) in [7, 11) is 0. The van der Waals surface area contributed by atoms with Crippen molar-refractivity contribution in [1.29, 1.82) is 0 Å². The SMILES string of the molecule is CC(C)(C)OC(=O)N1CCN(Cc2ccc3c(c2)CN(C2CCC(=O)NC2=O)C3=O)CC1. The van der Waals surface area contributed by atoms with Crippen LogP contribution >= 0.6 is 0 Å². The van der Waals surface area contributed by atoms with E-state index in [4.69, 9.17) is 4.74 Å². The van der Waals surface area contributed by atoms with Gasteiger partial charge in [0.2, 0.25) is 11.8 Å². The molecule has 1 N–H and O–H groups in total. The van der Waals surface area contributed by atoms with Crippen LogP contribution in [-0.4, -0.2) is 76.3 Å². The number of amides is 4. The molecule has 3 aliphatic rings. The molecular formula is C23H30N4O5. The Kier molecular flexibility index (Phi) is 5.94. The molecule has 9 heteroatoms. The molecule has 2 saturated heterocycles. The molecule has 1 aromatic carbocycles. The van der Waals surface area contributed by atoms with Gasteiger partial charge in [-0.25, -0.2) is 4.79 Å². The van der Waals surface area contributed by atoms with Gasteiger partial charge in [-0.2, -0.15) is 0 Å². The predicted octanol–water partition coefficient (Wildman–Crippen LogP) is 1.50. The number of rotatable bonds is 3. The number of piperazine rings is 1. The van der Waals surface area contributed by atoms with Gasteiger partial charge >= 0.3 is 6.09 Å². The first kappa shape index (κ1) is 22.3. The minimum atomic E-state index is -0.600. The Bertz CT molecular complexity index is 946. The monoisotopic (exact) mass is 442 g/mol. The fraction of sp³-hybridized carbons (Fsp3) is 0.565. The molecule has 0 spiro atoms. The second kappa shape index (κ2) is 8.54. The van der Waals surface area contributed by atoms with Gasteiger partial charge in [0, 0.05) is 51.3 Å². The van der Waals surface area contributed by atoms with Crippen molar-refractivity contribution in [3.8, 4) is 0 Å². The van der Waals surface area contributed by atoms with E-state index in [9.17, 15) is 19.2 Å². The van der Waals surface area contributed by atoms with E-state index >= 15 is 0 Å². The van der Waals surface area contributed by atoms with Crippen LogP contribution in [-0.2, 0) is 27.4 Å². The number of imide groups is 1. The summed E-state index contributed by atoms with van der Waals surface area (Å²) >= 11 is 0. The van der Waals surface area contributed by atoms with Crippen LogP contribution < -0.4 is 5.32 Å². The predicted molar refractivity (Wildman–Crippen MR) is 116 cm³/mol. The maximum Gasteiger partial charge on any atom is 0.410 e. The highest BCUT2D eigenvalue weighted by atomic mass is 16.6. The topological polar surface area (TPSA) is 99.3 Å². The summed E-state index contributed by atoms with van der Waals surface area (Å²) in [6, 6.07) is 5.21. The molecule has 2 fully saturated rings. The van der Waals surface area contributed by atoms with Crippen molar-refractivity contribution in [2.45, 2.75) is 58.3 Å². The van der Waals surface area contributed by atoms with Gasteiger partial charge < -0.3 is 14.5 Å². The summed E-state index contributed by atoms with van der Waals surface area (Å²) in [5.74, 6) is -0.845. The van der Waals surface area contributed by atoms with Gasteiger partial charge in [0.15, 0.2) is 0 Å². The normalized spacial score (nSPS) is 22.1. The van der Waals surface area contributed by atoms with Crippen molar-refractivity contribution >= 4 is 23.8 Å². The summed E-state index contributed by atoms with van der Waals surface area (Å²) < 4.78 is 5.45. The van der Waals surface area contributed by atoms with Crippen LogP contribution in [0.2, 0.25) is 0 Å². The molecule has 1 atom stereocenters. The third-order valence-electron chi connectivity index (χ3n) is 6.02. The Morgan fingerprint density at radius 3 is 2.50 bits per heavy atom. The average molecular weight is 443 g/mol. The van der Waals surface area contributed by atoms with Crippen molar-refractivity contribution in [3.05, 3.63) is 34.9 Å². The number of nitrogens with one attached hydrogen (secondary N) is 1. The summed E-state index contributed by atoms with van der Waals surface area (Å²) in [6.07, 6.45) is 0.331. The van der Waals surface area contributed by atoms with Crippen LogP contribution in [0, 0.1) is 0 Å². The zero-order valence-electron chi connectivity index (χ0n) is 18.8. The molecule has 0 aromatic heterocycles. The number of ether oxygens (including phenoxy) is 1. The van der Waals surface area contributed by atoms with Crippen molar-refractivity contribution < 1.29 is 23.9 Å². The third-order valence-corrected chi connectivity index (χ3v) is 6.02. The van der Waals surface area contributed by atoms with Crippen molar-refractivity contribution in [3.63, 3.8) is 0 Å². The number of fused-ring (bicyclic) bond motifs is 1. The number of benzene rings is 1. The highest BCUT2D eigenvalue weighted by molar-refractivity contribution is 6.05. The van der Waals surface area contributed by atoms with Crippen molar-refractivity contribution in [2.75, 3.05) is 26.2 Å². The van der Waals surface area contributed by atoms with Crippen molar-refractivity contribution in [2.24, 2.45) is 0 Å². The van der Waals surface area contributed by atoms with Crippen LogP contribution in [0.3, 0.4) is 0 Å². The highest BCUT2D eigenvalue weighted by Gasteiger charge is 2.39. The summed E-state index contributed by atoms with van der Waals surface area (Å²) in [5, 5.41) is 2.33. The van der Waals surface area contributed by atoms with E-state index in [2.05, 4.69) is 10.2 Å². The minimum Gasteiger partial charge on any atom is -0.444 e. The van der Waals surface area contributed by atoms with E-state index in [0.717, 1.165) is 30.8 Å². The Hall–Kier alpha value is -2.94. The number of carbonyl (C=O) groups is 4. The molecule has 4 rings (SSSR count). The van der Waals surface area contributed by atoms with E-state index in [1.165, 1.54) is 0 Å². The van der Waals surface area contributed by atoms with E-state index in [0.29, 0.717) is 31.6 Å². The number of hydrogen-bond donors (Lipinski definition) is 1. The molecule has 1 aromatic rings. The third kappa shape index (κ3) is 4.77. The van der Waals surface area contributed by atoms with Crippen LogP contribution in [0.15, 0.2) is 18.2 Å². The second-order valence-electron chi connectivity index (χ2n) is 9.63. The molecule has 0 bridgehead atoms. The fourth-order valence-corrected chi connectivity index (χ4v) is 4.40. The Labute approximate surface area is 187 Å². The van der Waals surface area contributed by atoms with Gasteiger partial charge in [-0.15, -0.1) is 0 Å². The number of nitrogens with zero attached hydrogens (tertiary/aromatic N) is 3. The van der Waals surface area contributed by atoms with Gasteiger partial charge in [0.05, 0.1) is 0 Å².